The Morgan fingerprint density at radius 1 is 1.29 bits per heavy atom. The highest BCUT2D eigenvalue weighted by Crippen LogP contribution is 2.15. The molecule has 1 aromatic rings. The average Bonchev–Trinajstić information content (AvgIpc) is 2.82. The van der Waals surface area contributed by atoms with E-state index >= 15 is 0 Å². The Morgan fingerprint density at radius 2 is 2.00 bits per heavy atom. The van der Waals surface area contributed by atoms with Gasteiger partial charge in [-0.15, -0.1) is 11.3 Å². The monoisotopic (exact) mass is 311 g/mol. The van der Waals surface area contributed by atoms with Gasteiger partial charge in [0.1, 0.15) is 5.01 Å². The molecule has 21 heavy (non-hydrogen) atoms. The summed E-state index contributed by atoms with van der Waals surface area (Å²) in [7, 11) is 0. The highest BCUT2D eigenvalue weighted by atomic mass is 32.1. The van der Waals surface area contributed by atoms with Crippen LogP contribution in [0.5, 0.6) is 0 Å². The summed E-state index contributed by atoms with van der Waals surface area (Å²) in [6, 6.07) is 0.583. The number of hydrogen-bond acceptors (Lipinski definition) is 4. The van der Waals surface area contributed by atoms with Gasteiger partial charge < -0.3 is 5.32 Å². The van der Waals surface area contributed by atoms with Crippen molar-refractivity contribution in [1.29, 1.82) is 0 Å². The third kappa shape index (κ3) is 7.93. The number of hydrogen-bond donors (Lipinski definition) is 1. The summed E-state index contributed by atoms with van der Waals surface area (Å²) in [6.07, 6.45) is 3.89. The minimum absolute atomic E-state index is 0.149. The maximum Gasteiger partial charge on any atom is 0.107 e. The standard InChI is InChI=1S/C17H33N3S/c1-7-8-9-10-20(14(2)3)12-15-13-21-16(19-15)11-18-17(4,5)6/h13-14,18H,7-12H2,1-6H3. The summed E-state index contributed by atoms with van der Waals surface area (Å²) in [4.78, 5) is 7.31. The quantitative estimate of drug-likeness (QED) is 0.684. The summed E-state index contributed by atoms with van der Waals surface area (Å²) >= 11 is 1.77. The topological polar surface area (TPSA) is 28.2 Å². The van der Waals surface area contributed by atoms with Gasteiger partial charge in [0.15, 0.2) is 0 Å². The highest BCUT2D eigenvalue weighted by molar-refractivity contribution is 7.09. The zero-order valence-electron chi connectivity index (χ0n) is 14.7. The molecule has 0 aliphatic rings. The van der Waals surface area contributed by atoms with Gasteiger partial charge in [-0.3, -0.25) is 4.90 Å². The first-order chi connectivity index (χ1) is 9.81. The first kappa shape index (κ1) is 18.6. The number of nitrogens with zero attached hydrogens (tertiary/aromatic N) is 2. The van der Waals surface area contributed by atoms with Gasteiger partial charge >= 0.3 is 0 Å². The van der Waals surface area contributed by atoms with Crippen LogP contribution in [0.1, 0.15) is 71.5 Å². The van der Waals surface area contributed by atoms with E-state index < -0.39 is 0 Å². The average molecular weight is 312 g/mol. The Morgan fingerprint density at radius 3 is 2.57 bits per heavy atom. The number of aromatic nitrogens is 1. The van der Waals surface area contributed by atoms with E-state index in [1.54, 1.807) is 11.3 Å². The smallest absolute Gasteiger partial charge is 0.107 e. The number of nitrogens with one attached hydrogen (secondary N) is 1. The lowest BCUT2D eigenvalue weighted by atomic mass is 10.1. The maximum atomic E-state index is 4.78. The third-order valence-electron chi connectivity index (χ3n) is 3.51. The summed E-state index contributed by atoms with van der Waals surface area (Å²) in [5.74, 6) is 0. The molecule has 0 amide bonds. The molecule has 122 valence electrons. The Bertz CT molecular complexity index is 393. The molecule has 0 aliphatic heterocycles. The molecular formula is C17H33N3S. The summed E-state index contributed by atoms with van der Waals surface area (Å²) in [5, 5.41) is 6.91. The molecular weight excluding hydrogens is 278 g/mol. The predicted octanol–water partition coefficient (Wildman–Crippen LogP) is 4.43. The molecule has 1 aromatic heterocycles. The predicted molar refractivity (Wildman–Crippen MR) is 93.8 cm³/mol. The number of unbranched alkanes of at least 4 members (excludes halogenated alkanes) is 2. The van der Waals surface area contributed by atoms with Crippen molar-refractivity contribution in [3.63, 3.8) is 0 Å². The molecule has 0 saturated heterocycles. The molecule has 0 aliphatic carbocycles. The molecule has 0 fully saturated rings. The molecule has 3 nitrogen and oxygen atoms in total. The number of rotatable bonds is 9. The van der Waals surface area contributed by atoms with Crippen LogP contribution in [0, 0.1) is 0 Å². The van der Waals surface area contributed by atoms with Crippen LogP contribution in [0.2, 0.25) is 0 Å². The summed E-state index contributed by atoms with van der Waals surface area (Å²) in [6.45, 7) is 16.4. The molecule has 0 atom stereocenters. The van der Waals surface area contributed by atoms with Crippen LogP contribution in [0.15, 0.2) is 5.38 Å². The van der Waals surface area contributed by atoms with Crippen molar-refractivity contribution in [2.24, 2.45) is 0 Å². The van der Waals surface area contributed by atoms with Crippen LogP contribution in [-0.4, -0.2) is 28.0 Å². The third-order valence-corrected chi connectivity index (χ3v) is 4.41. The van der Waals surface area contributed by atoms with Crippen LogP contribution < -0.4 is 5.32 Å². The molecule has 0 saturated carbocycles. The Balaban J connectivity index is 2.50. The van der Waals surface area contributed by atoms with E-state index in [0.29, 0.717) is 6.04 Å². The van der Waals surface area contributed by atoms with Gasteiger partial charge in [-0.1, -0.05) is 19.8 Å². The van der Waals surface area contributed by atoms with Crippen LogP contribution in [0.25, 0.3) is 0 Å². The zero-order chi connectivity index (χ0) is 15.9. The van der Waals surface area contributed by atoms with Gasteiger partial charge in [0.25, 0.3) is 0 Å². The van der Waals surface area contributed by atoms with Crippen molar-refractivity contribution in [1.82, 2.24) is 15.2 Å². The van der Waals surface area contributed by atoms with Crippen molar-refractivity contribution < 1.29 is 0 Å². The first-order valence-electron chi connectivity index (χ1n) is 8.24. The lowest BCUT2D eigenvalue weighted by Gasteiger charge is -2.25. The van der Waals surface area contributed by atoms with Crippen LogP contribution in [0.3, 0.4) is 0 Å². The van der Waals surface area contributed by atoms with E-state index in [1.165, 1.54) is 36.5 Å². The molecule has 0 aromatic carbocycles. The zero-order valence-corrected chi connectivity index (χ0v) is 15.5. The fraction of sp³-hybridized carbons (Fsp3) is 0.824. The molecule has 0 unspecified atom stereocenters. The normalized spacial score (nSPS) is 12.6. The Kier molecular flexibility index (Phi) is 7.85. The van der Waals surface area contributed by atoms with Crippen LogP contribution in [-0.2, 0) is 13.1 Å². The maximum absolute atomic E-state index is 4.78. The summed E-state index contributed by atoms with van der Waals surface area (Å²) < 4.78 is 0. The Hall–Kier alpha value is -0.450. The van der Waals surface area contributed by atoms with Crippen LogP contribution in [0.4, 0.5) is 0 Å². The molecule has 0 spiro atoms. The lowest BCUT2D eigenvalue weighted by Crippen LogP contribution is -2.35. The van der Waals surface area contributed by atoms with Crippen molar-refractivity contribution in [2.45, 2.75) is 85.5 Å². The number of thiazole rings is 1. The van der Waals surface area contributed by atoms with Crippen molar-refractivity contribution in [2.75, 3.05) is 6.54 Å². The van der Waals surface area contributed by atoms with Crippen LogP contribution >= 0.6 is 11.3 Å². The second-order valence-electron chi connectivity index (χ2n) is 7.11. The van der Waals surface area contributed by atoms with Gasteiger partial charge in [0, 0.05) is 30.1 Å². The summed E-state index contributed by atoms with van der Waals surface area (Å²) in [5.41, 5.74) is 1.37. The van der Waals surface area contributed by atoms with Gasteiger partial charge in [-0.05, 0) is 47.6 Å². The molecule has 1 heterocycles. The SMILES string of the molecule is CCCCCN(Cc1csc(CNC(C)(C)C)n1)C(C)C. The first-order valence-corrected chi connectivity index (χ1v) is 9.12. The van der Waals surface area contributed by atoms with Crippen molar-refractivity contribution in [3.8, 4) is 0 Å². The molecule has 1 rings (SSSR count). The molecule has 0 bridgehead atoms. The largest absolute Gasteiger partial charge is 0.306 e. The molecule has 1 N–H and O–H groups in total. The fourth-order valence-corrected chi connectivity index (χ4v) is 2.86. The van der Waals surface area contributed by atoms with E-state index in [-0.39, 0.29) is 5.54 Å². The van der Waals surface area contributed by atoms with E-state index in [0.717, 1.165) is 13.1 Å². The molecule has 4 heteroatoms. The second kappa shape index (κ2) is 8.86. The fourth-order valence-electron chi connectivity index (χ4n) is 2.14. The molecule has 0 radical (unpaired) electrons. The van der Waals surface area contributed by atoms with Crippen molar-refractivity contribution in [3.05, 3.63) is 16.1 Å². The van der Waals surface area contributed by atoms with Gasteiger partial charge in [-0.2, -0.15) is 0 Å². The van der Waals surface area contributed by atoms with E-state index in [2.05, 4.69) is 57.1 Å². The highest BCUT2D eigenvalue weighted by Gasteiger charge is 2.13. The van der Waals surface area contributed by atoms with Crippen molar-refractivity contribution >= 4 is 11.3 Å². The van der Waals surface area contributed by atoms with E-state index in [9.17, 15) is 0 Å². The van der Waals surface area contributed by atoms with Gasteiger partial charge in [-0.25, -0.2) is 4.98 Å². The minimum Gasteiger partial charge on any atom is -0.306 e. The lowest BCUT2D eigenvalue weighted by molar-refractivity contribution is 0.206. The van der Waals surface area contributed by atoms with E-state index in [1.807, 2.05) is 0 Å². The second-order valence-corrected chi connectivity index (χ2v) is 8.05. The Labute approximate surface area is 135 Å². The van der Waals surface area contributed by atoms with E-state index in [4.69, 9.17) is 4.98 Å². The van der Waals surface area contributed by atoms with Gasteiger partial charge in [0.05, 0.1) is 5.69 Å². The van der Waals surface area contributed by atoms with Gasteiger partial charge in [0.2, 0.25) is 0 Å². The minimum atomic E-state index is 0.149.